The summed E-state index contributed by atoms with van der Waals surface area (Å²) >= 11 is 1.70. The molecule has 0 spiro atoms. The van der Waals surface area contributed by atoms with Crippen LogP contribution in [0.2, 0.25) is 0 Å². The van der Waals surface area contributed by atoms with Crippen molar-refractivity contribution in [2.45, 2.75) is 20.8 Å². The molecule has 7 rings (SSSR count). The topological polar surface area (TPSA) is 91.2 Å². The number of aryl methyl sites for hydroxylation is 1. The second-order valence-corrected chi connectivity index (χ2v) is 13.7. The molecule has 0 atom stereocenters. The number of rotatable bonds is 11. The number of nitrogens with zero attached hydrogens (tertiary/aromatic N) is 5. The zero-order valence-corrected chi connectivity index (χ0v) is 30.3. The fraction of sp³-hybridized carbons (Fsp3) is 0.275. The maximum absolute atomic E-state index is 12.7. The van der Waals surface area contributed by atoms with Crippen LogP contribution < -0.4 is 18.9 Å². The number of fused-ring (bicyclic) bond motifs is 1. The zero-order valence-electron chi connectivity index (χ0n) is 29.5. The molecule has 0 saturated carbocycles. The molecule has 6 aromatic rings. The average Bonchev–Trinajstić information content (AvgIpc) is 3.81. The number of aromatic nitrogens is 3. The van der Waals surface area contributed by atoms with Crippen LogP contribution in [0.25, 0.3) is 43.3 Å². The number of para-hydroxylation sites is 1. The van der Waals surface area contributed by atoms with E-state index in [1.165, 1.54) is 16.3 Å². The van der Waals surface area contributed by atoms with Crippen LogP contribution in [0, 0.1) is 13.8 Å². The summed E-state index contributed by atoms with van der Waals surface area (Å²) < 4.78 is 26.3. The zero-order chi connectivity index (χ0) is 35.5. The average molecular weight is 704 g/mol. The maximum Gasteiger partial charge on any atom is 0.244 e. The highest BCUT2D eigenvalue weighted by atomic mass is 32.1. The molecular formula is C40H41N5O5S. The Morgan fingerprint density at radius 2 is 1.41 bits per heavy atom. The molecule has 1 saturated heterocycles. The molecule has 4 aromatic carbocycles. The third-order valence-corrected chi connectivity index (χ3v) is 10.4. The summed E-state index contributed by atoms with van der Waals surface area (Å²) in [6.45, 7) is 9.88. The van der Waals surface area contributed by atoms with Crippen molar-refractivity contribution >= 4 is 27.5 Å². The summed E-state index contributed by atoms with van der Waals surface area (Å²) in [5, 5.41) is 5.68. The van der Waals surface area contributed by atoms with Gasteiger partial charge >= 0.3 is 0 Å². The van der Waals surface area contributed by atoms with Crippen molar-refractivity contribution in [3.8, 4) is 56.1 Å². The minimum atomic E-state index is -0.186. The first kappa shape index (κ1) is 34.2. The minimum Gasteiger partial charge on any atom is -0.496 e. The van der Waals surface area contributed by atoms with E-state index < -0.39 is 0 Å². The highest BCUT2D eigenvalue weighted by Crippen LogP contribution is 2.36. The van der Waals surface area contributed by atoms with Gasteiger partial charge in [0.2, 0.25) is 5.91 Å². The van der Waals surface area contributed by atoms with E-state index in [-0.39, 0.29) is 5.91 Å². The van der Waals surface area contributed by atoms with Gasteiger partial charge in [-0.25, -0.2) is 4.98 Å². The second-order valence-electron chi connectivity index (χ2n) is 12.6. The Kier molecular flexibility index (Phi) is 10.0. The van der Waals surface area contributed by atoms with Gasteiger partial charge in [-0.2, -0.15) is 9.78 Å². The summed E-state index contributed by atoms with van der Waals surface area (Å²) in [6, 6.07) is 28.0. The van der Waals surface area contributed by atoms with Crippen molar-refractivity contribution in [3.63, 3.8) is 0 Å². The SMILES string of the molecule is COc1ccc(-c2cc(-c3cc(C)c(C)c(OC)c3)nn2C(C)=O)cc1OCN1CCN(COc2ccc(-c3nc4ccccc4s3)cc2)CC1. The molecule has 0 N–H and O–H groups in total. The van der Waals surface area contributed by atoms with Gasteiger partial charge in [-0.3, -0.25) is 14.6 Å². The first-order valence-electron chi connectivity index (χ1n) is 16.9. The Morgan fingerprint density at radius 1 is 0.745 bits per heavy atom. The van der Waals surface area contributed by atoms with Crippen LogP contribution >= 0.6 is 11.3 Å². The number of hydrogen-bond donors (Lipinski definition) is 0. The molecular weight excluding hydrogens is 663 g/mol. The Bertz CT molecular complexity index is 2140. The third-order valence-electron chi connectivity index (χ3n) is 9.28. The highest BCUT2D eigenvalue weighted by Gasteiger charge is 2.21. The molecule has 10 nitrogen and oxygen atoms in total. The van der Waals surface area contributed by atoms with Gasteiger partial charge in [0, 0.05) is 49.8 Å². The van der Waals surface area contributed by atoms with E-state index in [2.05, 4.69) is 39.2 Å². The predicted molar refractivity (Wildman–Crippen MR) is 201 cm³/mol. The van der Waals surface area contributed by atoms with E-state index in [9.17, 15) is 4.79 Å². The third kappa shape index (κ3) is 7.46. The Hall–Kier alpha value is -5.23. The summed E-state index contributed by atoms with van der Waals surface area (Å²) in [4.78, 5) is 22.0. The van der Waals surface area contributed by atoms with E-state index in [1.807, 2.05) is 74.5 Å². The second kappa shape index (κ2) is 14.9. The standard InChI is InChI=1S/C40H41N5O5S/c1-26-20-31(22-37(48-5)27(26)2)34-23-35(45(42-34)28(3)46)30-12-15-36(47-4)38(21-30)50-25-44-18-16-43(17-19-44)24-49-32-13-10-29(11-14-32)40-41-33-8-6-7-9-39(33)51-40/h6-15,20-23H,16-19,24-25H2,1-5H3. The molecule has 51 heavy (non-hydrogen) atoms. The van der Waals surface area contributed by atoms with Gasteiger partial charge in [0.25, 0.3) is 0 Å². The van der Waals surface area contributed by atoms with Gasteiger partial charge in [0.05, 0.1) is 35.8 Å². The first-order chi connectivity index (χ1) is 24.8. The minimum absolute atomic E-state index is 0.186. The molecule has 0 amide bonds. The number of carbonyl (C=O) groups excluding carboxylic acids is 1. The number of ether oxygens (including phenoxy) is 4. The molecule has 1 aliphatic heterocycles. The molecule has 2 aromatic heterocycles. The molecule has 0 radical (unpaired) electrons. The Balaban J connectivity index is 0.961. The van der Waals surface area contributed by atoms with Crippen LogP contribution in [-0.2, 0) is 0 Å². The Labute approximate surface area is 301 Å². The summed E-state index contributed by atoms with van der Waals surface area (Å²) in [5.41, 5.74) is 7.30. The molecule has 262 valence electrons. The monoisotopic (exact) mass is 703 g/mol. The lowest BCUT2D eigenvalue weighted by molar-refractivity contribution is 0.0325. The summed E-state index contributed by atoms with van der Waals surface area (Å²) in [6.07, 6.45) is 0. The molecule has 1 fully saturated rings. The smallest absolute Gasteiger partial charge is 0.244 e. The van der Waals surface area contributed by atoms with E-state index >= 15 is 0 Å². The van der Waals surface area contributed by atoms with E-state index in [4.69, 9.17) is 23.9 Å². The first-order valence-corrected chi connectivity index (χ1v) is 17.7. The van der Waals surface area contributed by atoms with Crippen molar-refractivity contribution in [1.82, 2.24) is 24.6 Å². The maximum atomic E-state index is 12.7. The fourth-order valence-corrected chi connectivity index (χ4v) is 7.14. The number of hydrogen-bond acceptors (Lipinski definition) is 10. The lowest BCUT2D eigenvalue weighted by atomic mass is 10.0. The highest BCUT2D eigenvalue weighted by molar-refractivity contribution is 7.21. The quantitative estimate of drug-likeness (QED) is 0.134. The van der Waals surface area contributed by atoms with Crippen molar-refractivity contribution in [1.29, 1.82) is 0 Å². The van der Waals surface area contributed by atoms with Gasteiger partial charge in [-0.15, -0.1) is 11.3 Å². The van der Waals surface area contributed by atoms with Crippen LogP contribution in [0.4, 0.5) is 0 Å². The van der Waals surface area contributed by atoms with Crippen LogP contribution in [0.15, 0.2) is 84.9 Å². The summed E-state index contributed by atoms with van der Waals surface area (Å²) in [5.74, 6) is 2.65. The lowest BCUT2D eigenvalue weighted by Gasteiger charge is -2.34. The van der Waals surface area contributed by atoms with Crippen LogP contribution in [-0.4, -0.2) is 84.3 Å². The largest absolute Gasteiger partial charge is 0.496 e. The lowest BCUT2D eigenvalue weighted by Crippen LogP contribution is -2.48. The Morgan fingerprint density at radius 3 is 2.10 bits per heavy atom. The van der Waals surface area contributed by atoms with Gasteiger partial charge in [-0.1, -0.05) is 12.1 Å². The number of methoxy groups -OCH3 is 2. The van der Waals surface area contributed by atoms with E-state index in [1.54, 1.807) is 25.6 Å². The van der Waals surface area contributed by atoms with Crippen molar-refractivity contribution in [2.75, 3.05) is 53.9 Å². The van der Waals surface area contributed by atoms with Crippen LogP contribution in [0.3, 0.4) is 0 Å². The number of carbonyl (C=O) groups is 1. The van der Waals surface area contributed by atoms with Gasteiger partial charge < -0.3 is 18.9 Å². The molecule has 0 unspecified atom stereocenters. The molecule has 0 aliphatic carbocycles. The van der Waals surface area contributed by atoms with Gasteiger partial charge in [-0.05, 0) is 97.8 Å². The number of piperazine rings is 1. The fourth-order valence-electron chi connectivity index (χ4n) is 6.17. The number of benzene rings is 4. The summed E-state index contributed by atoms with van der Waals surface area (Å²) in [7, 11) is 3.28. The molecule has 1 aliphatic rings. The molecule has 3 heterocycles. The predicted octanol–water partition coefficient (Wildman–Crippen LogP) is 7.78. The molecule has 0 bridgehead atoms. The van der Waals surface area contributed by atoms with Gasteiger partial charge in [0.1, 0.15) is 30.0 Å². The normalized spacial score (nSPS) is 13.7. The van der Waals surface area contributed by atoms with Crippen molar-refractivity contribution < 1.29 is 23.7 Å². The van der Waals surface area contributed by atoms with Crippen molar-refractivity contribution in [2.24, 2.45) is 0 Å². The van der Waals surface area contributed by atoms with Crippen LogP contribution in [0.1, 0.15) is 22.8 Å². The van der Waals surface area contributed by atoms with Crippen LogP contribution in [0.5, 0.6) is 23.0 Å². The number of thiazole rings is 1. The van der Waals surface area contributed by atoms with Gasteiger partial charge in [0.15, 0.2) is 11.5 Å². The van der Waals surface area contributed by atoms with E-state index in [0.717, 1.165) is 76.0 Å². The molecule has 11 heteroatoms. The van der Waals surface area contributed by atoms with E-state index in [0.29, 0.717) is 36.3 Å². The van der Waals surface area contributed by atoms with Crippen molar-refractivity contribution in [3.05, 3.63) is 96.1 Å².